The average molecular weight is 312 g/mol. The molecule has 1 nitrogen and oxygen atoms in total. The topological polar surface area (TPSA) is 17.1 Å². The Balaban J connectivity index is 2.67. The molecule has 0 aliphatic rings. The Labute approximate surface area is 130 Å². The van der Waals surface area contributed by atoms with Crippen LogP contribution in [0, 0.1) is 0 Å². The van der Waals surface area contributed by atoms with E-state index in [1.807, 2.05) is 6.08 Å². The van der Waals surface area contributed by atoms with E-state index in [0.29, 0.717) is 0 Å². The lowest BCUT2D eigenvalue weighted by Gasteiger charge is -2.14. The number of rotatable bonds is 9. The number of Topliss-reactive ketones (excluding diaryl/α,β-unsaturated/α-hetero) is 1. The fourth-order valence-corrected chi connectivity index (χ4v) is 2.26. The molecule has 0 saturated carbocycles. The molecule has 4 heteroatoms. The predicted octanol–water partition coefficient (Wildman–Crippen LogP) is 5.82. The summed E-state index contributed by atoms with van der Waals surface area (Å²) in [5.74, 6) is -2.18. The molecule has 0 spiro atoms. The second-order valence-electron chi connectivity index (χ2n) is 5.42. The number of ketones is 1. The summed E-state index contributed by atoms with van der Waals surface area (Å²) in [4.78, 5) is 11.3. The summed E-state index contributed by atoms with van der Waals surface area (Å²) < 4.78 is 37.4. The van der Waals surface area contributed by atoms with E-state index in [-0.39, 0.29) is 0 Å². The Kier molecular flexibility index (Phi) is 7.92. The average Bonchev–Trinajstić information content (AvgIpc) is 2.49. The lowest BCUT2D eigenvalue weighted by Crippen LogP contribution is -2.24. The van der Waals surface area contributed by atoms with Crippen molar-refractivity contribution in [3.05, 3.63) is 48.0 Å². The number of carbonyl (C=O) groups is 1. The van der Waals surface area contributed by atoms with Gasteiger partial charge in [0.25, 0.3) is 0 Å². The molecule has 1 aromatic rings. The highest BCUT2D eigenvalue weighted by molar-refractivity contribution is 5.85. The van der Waals surface area contributed by atoms with Crippen molar-refractivity contribution >= 4 is 5.78 Å². The Bertz CT molecular complexity index is 463. The summed E-state index contributed by atoms with van der Waals surface area (Å²) in [7, 11) is 0. The van der Waals surface area contributed by atoms with Gasteiger partial charge in [-0.15, -0.1) is 0 Å². The normalized spacial score (nSPS) is 13.5. The fraction of sp³-hybridized carbons (Fsp3) is 0.500. The van der Waals surface area contributed by atoms with Gasteiger partial charge in [0.05, 0.1) is 0 Å². The summed E-state index contributed by atoms with van der Waals surface area (Å²) in [5, 5.41) is 0. The molecule has 1 rings (SSSR count). The molecule has 0 N–H and O–H groups in total. The number of hydrogen-bond acceptors (Lipinski definition) is 1. The largest absolute Gasteiger partial charge is 0.450 e. The smallest absolute Gasteiger partial charge is 0.290 e. The van der Waals surface area contributed by atoms with Crippen LogP contribution in [0.25, 0.3) is 0 Å². The van der Waals surface area contributed by atoms with Crippen molar-refractivity contribution in [3.8, 4) is 0 Å². The van der Waals surface area contributed by atoms with Crippen LogP contribution in [0.1, 0.15) is 56.9 Å². The Morgan fingerprint density at radius 2 is 1.82 bits per heavy atom. The zero-order valence-electron chi connectivity index (χ0n) is 12.9. The van der Waals surface area contributed by atoms with Crippen LogP contribution in [0.5, 0.6) is 0 Å². The van der Waals surface area contributed by atoms with Crippen molar-refractivity contribution < 1.29 is 18.0 Å². The molecule has 0 aliphatic heterocycles. The highest BCUT2D eigenvalue weighted by atomic mass is 19.4. The van der Waals surface area contributed by atoms with E-state index in [0.717, 1.165) is 31.2 Å². The summed E-state index contributed by atoms with van der Waals surface area (Å²) in [5.41, 5.74) is 0.741. The molecule has 122 valence electrons. The van der Waals surface area contributed by atoms with Crippen LogP contribution >= 0.6 is 0 Å². The zero-order chi connectivity index (χ0) is 16.4. The number of carbonyl (C=O) groups excluding carboxylic acids is 1. The standard InChI is InChI=1S/C18H23F3O/c1-2-3-4-5-6-8-13-16(14-17(22)18(19,20)21)15-11-9-7-10-12-15/h7-13,16H,2-6,14H2,1H3/b13-8+/t16-/m0/s1. The summed E-state index contributed by atoms with van der Waals surface area (Å²) in [6.45, 7) is 2.13. The Hall–Kier alpha value is -1.58. The second-order valence-corrected chi connectivity index (χ2v) is 5.42. The molecule has 0 radical (unpaired) electrons. The highest BCUT2D eigenvalue weighted by Crippen LogP contribution is 2.27. The maximum absolute atomic E-state index is 12.5. The molecule has 22 heavy (non-hydrogen) atoms. The second kappa shape index (κ2) is 9.44. The molecule has 0 fully saturated rings. The zero-order valence-corrected chi connectivity index (χ0v) is 12.9. The number of hydrogen-bond donors (Lipinski definition) is 0. The lowest BCUT2D eigenvalue weighted by molar-refractivity contribution is -0.171. The van der Waals surface area contributed by atoms with E-state index in [4.69, 9.17) is 0 Å². The molecular formula is C18H23F3O. The van der Waals surface area contributed by atoms with Gasteiger partial charge in [-0.05, 0) is 18.4 Å². The minimum atomic E-state index is -4.76. The monoisotopic (exact) mass is 312 g/mol. The first kappa shape index (κ1) is 18.5. The van der Waals surface area contributed by atoms with Gasteiger partial charge < -0.3 is 0 Å². The maximum atomic E-state index is 12.5. The van der Waals surface area contributed by atoms with Crippen LogP contribution in [0.15, 0.2) is 42.5 Å². The van der Waals surface area contributed by atoms with Crippen molar-refractivity contribution in [2.45, 2.75) is 57.5 Å². The van der Waals surface area contributed by atoms with Crippen LogP contribution < -0.4 is 0 Å². The van der Waals surface area contributed by atoms with Gasteiger partial charge in [-0.25, -0.2) is 0 Å². The van der Waals surface area contributed by atoms with Gasteiger partial charge in [-0.1, -0.05) is 68.7 Å². The van der Waals surface area contributed by atoms with Gasteiger partial charge in [0.2, 0.25) is 5.78 Å². The molecule has 1 atom stereocenters. The lowest BCUT2D eigenvalue weighted by atomic mass is 9.92. The molecule has 0 heterocycles. The van der Waals surface area contributed by atoms with Crippen LogP contribution in [0.2, 0.25) is 0 Å². The van der Waals surface area contributed by atoms with Crippen LogP contribution in [0.4, 0.5) is 13.2 Å². The molecular weight excluding hydrogens is 289 g/mol. The van der Waals surface area contributed by atoms with Gasteiger partial charge in [0.1, 0.15) is 0 Å². The van der Waals surface area contributed by atoms with E-state index >= 15 is 0 Å². The number of halogens is 3. The predicted molar refractivity (Wildman–Crippen MR) is 82.8 cm³/mol. The SMILES string of the molecule is CCCCCC/C=C/[C@@H](CC(=O)C(F)(F)F)c1ccccc1. The van der Waals surface area contributed by atoms with Gasteiger partial charge >= 0.3 is 6.18 Å². The third-order valence-electron chi connectivity index (χ3n) is 3.54. The van der Waals surface area contributed by atoms with Crippen LogP contribution in [-0.2, 0) is 4.79 Å². The van der Waals surface area contributed by atoms with Crippen molar-refractivity contribution in [1.82, 2.24) is 0 Å². The first-order valence-corrected chi connectivity index (χ1v) is 7.76. The van der Waals surface area contributed by atoms with Gasteiger partial charge in [-0.3, -0.25) is 4.79 Å². The van der Waals surface area contributed by atoms with E-state index in [9.17, 15) is 18.0 Å². The van der Waals surface area contributed by atoms with Crippen molar-refractivity contribution in [2.75, 3.05) is 0 Å². The summed E-state index contributed by atoms with van der Waals surface area (Å²) in [6.07, 6.45) is 3.66. The molecule has 0 aromatic heterocycles. The van der Waals surface area contributed by atoms with E-state index in [1.165, 1.54) is 6.42 Å². The first-order valence-electron chi connectivity index (χ1n) is 7.76. The minimum Gasteiger partial charge on any atom is -0.290 e. The van der Waals surface area contributed by atoms with Gasteiger partial charge in [0.15, 0.2) is 0 Å². The van der Waals surface area contributed by atoms with Gasteiger partial charge in [-0.2, -0.15) is 13.2 Å². The molecule has 0 unspecified atom stereocenters. The number of unbranched alkanes of at least 4 members (excludes halogenated alkanes) is 4. The quantitative estimate of drug-likeness (QED) is 0.415. The highest BCUT2D eigenvalue weighted by Gasteiger charge is 2.38. The fourth-order valence-electron chi connectivity index (χ4n) is 2.26. The Morgan fingerprint density at radius 1 is 1.14 bits per heavy atom. The third-order valence-corrected chi connectivity index (χ3v) is 3.54. The van der Waals surface area contributed by atoms with Crippen LogP contribution in [0.3, 0.4) is 0 Å². The molecule has 0 amide bonds. The van der Waals surface area contributed by atoms with Crippen LogP contribution in [-0.4, -0.2) is 12.0 Å². The Morgan fingerprint density at radius 3 is 2.41 bits per heavy atom. The van der Waals surface area contributed by atoms with Crippen molar-refractivity contribution in [2.24, 2.45) is 0 Å². The molecule has 1 aromatic carbocycles. The number of alkyl halides is 3. The minimum absolute atomic E-state index is 0.512. The summed E-state index contributed by atoms with van der Waals surface area (Å²) >= 11 is 0. The van der Waals surface area contributed by atoms with E-state index in [1.54, 1.807) is 36.4 Å². The third kappa shape index (κ3) is 6.92. The first-order chi connectivity index (χ1) is 10.4. The molecule has 0 saturated heterocycles. The van der Waals surface area contributed by atoms with E-state index < -0.39 is 24.3 Å². The van der Waals surface area contributed by atoms with Gasteiger partial charge in [0, 0.05) is 12.3 Å². The van der Waals surface area contributed by atoms with E-state index in [2.05, 4.69) is 6.92 Å². The van der Waals surface area contributed by atoms with Crippen molar-refractivity contribution in [3.63, 3.8) is 0 Å². The summed E-state index contributed by atoms with van der Waals surface area (Å²) in [6, 6.07) is 8.87. The maximum Gasteiger partial charge on any atom is 0.450 e. The molecule has 0 aliphatic carbocycles. The number of benzene rings is 1. The van der Waals surface area contributed by atoms with Crippen molar-refractivity contribution in [1.29, 1.82) is 0 Å². The number of allylic oxidation sites excluding steroid dienone is 2. The molecule has 0 bridgehead atoms.